The molecule has 18 heteroatoms. The summed E-state index contributed by atoms with van der Waals surface area (Å²) in [5.74, 6) is 0. The summed E-state index contributed by atoms with van der Waals surface area (Å²) >= 11 is 0. The second kappa shape index (κ2) is 18.7. The van der Waals surface area contributed by atoms with Gasteiger partial charge in [-0.05, 0) is 60.7 Å². The zero-order valence-electron chi connectivity index (χ0n) is 26.2. The van der Waals surface area contributed by atoms with E-state index in [0.29, 0.717) is 0 Å². The van der Waals surface area contributed by atoms with E-state index in [1.54, 1.807) is 0 Å². The molecule has 0 aromatic heterocycles. The fraction of sp³-hybridized carbons (Fsp3) is 0.133. The van der Waals surface area contributed by atoms with Gasteiger partial charge in [0.2, 0.25) is 0 Å². The first-order chi connectivity index (χ1) is 22.5. The fourth-order valence-electron chi connectivity index (χ4n) is 3.31. The normalized spacial score (nSPS) is 9.42. The van der Waals surface area contributed by atoms with Gasteiger partial charge in [0.1, 0.15) is 23.9 Å². The molecular formula is C30H32N8O10. The van der Waals surface area contributed by atoms with E-state index in [4.69, 9.17) is 11.5 Å². The highest BCUT2D eigenvalue weighted by atomic mass is 16.6. The van der Waals surface area contributed by atoms with E-state index in [0.717, 1.165) is 71.5 Å². The Morgan fingerprint density at radius 2 is 0.792 bits per heavy atom. The summed E-state index contributed by atoms with van der Waals surface area (Å²) in [4.78, 5) is 62.6. The number of nitrogen functional groups attached to an aromatic ring is 2. The van der Waals surface area contributed by atoms with Crippen LogP contribution < -0.4 is 21.3 Å². The molecule has 48 heavy (non-hydrogen) atoms. The van der Waals surface area contributed by atoms with Crippen LogP contribution in [-0.2, 0) is 0 Å². The van der Waals surface area contributed by atoms with Crippen molar-refractivity contribution in [3.8, 4) is 0 Å². The Labute approximate surface area is 273 Å². The highest BCUT2D eigenvalue weighted by Gasteiger charge is 2.17. The number of nitro benzene ring substituents is 4. The van der Waals surface area contributed by atoms with Crippen LogP contribution in [0.2, 0.25) is 0 Å². The number of aldehydes is 2. The molecule has 0 aliphatic carbocycles. The van der Waals surface area contributed by atoms with Crippen molar-refractivity contribution in [1.82, 2.24) is 0 Å². The zero-order chi connectivity index (χ0) is 36.6. The van der Waals surface area contributed by atoms with E-state index in [-0.39, 0.29) is 22.7 Å². The smallest absolute Gasteiger partial charge is 0.298 e. The van der Waals surface area contributed by atoms with Crippen LogP contribution in [-0.4, -0.2) is 60.5 Å². The summed E-state index contributed by atoms with van der Waals surface area (Å²) in [5, 5.41) is 41.1. The summed E-state index contributed by atoms with van der Waals surface area (Å²) in [7, 11) is 7.87. The first-order valence-electron chi connectivity index (χ1n) is 13.3. The van der Waals surface area contributed by atoms with Crippen molar-refractivity contribution in [3.63, 3.8) is 0 Å². The van der Waals surface area contributed by atoms with Gasteiger partial charge in [-0.1, -0.05) is 0 Å². The van der Waals surface area contributed by atoms with E-state index >= 15 is 0 Å². The van der Waals surface area contributed by atoms with E-state index in [1.807, 2.05) is 86.5 Å². The molecule has 0 fully saturated rings. The quantitative estimate of drug-likeness (QED) is 0.105. The summed E-state index contributed by atoms with van der Waals surface area (Å²) in [6.07, 6.45) is 1.69. The van der Waals surface area contributed by atoms with Gasteiger partial charge in [-0.25, -0.2) is 0 Å². The minimum atomic E-state index is -0.762. The predicted molar refractivity (Wildman–Crippen MR) is 181 cm³/mol. The lowest BCUT2D eigenvalue weighted by Crippen LogP contribution is -2.08. The number of nitrogens with zero attached hydrogens (tertiary/aromatic N) is 6. The number of carbonyl (C=O) groups excluding carboxylic acids is 2. The van der Waals surface area contributed by atoms with Gasteiger partial charge >= 0.3 is 0 Å². The highest BCUT2D eigenvalue weighted by molar-refractivity contribution is 5.76. The number of nitrogens with two attached hydrogens (primary N) is 2. The maximum Gasteiger partial charge on any atom is 0.298 e. The molecule has 0 heterocycles. The van der Waals surface area contributed by atoms with Gasteiger partial charge in [-0.3, -0.25) is 50.0 Å². The van der Waals surface area contributed by atoms with Crippen LogP contribution in [0.15, 0.2) is 84.9 Å². The number of non-ortho nitro benzene ring substituents is 2. The van der Waals surface area contributed by atoms with Crippen molar-refractivity contribution in [2.45, 2.75) is 0 Å². The lowest BCUT2D eigenvalue weighted by Gasteiger charge is -2.11. The first-order valence-corrected chi connectivity index (χ1v) is 13.3. The van der Waals surface area contributed by atoms with Crippen LogP contribution in [0.1, 0.15) is 20.7 Å². The van der Waals surface area contributed by atoms with Gasteiger partial charge in [0.05, 0.1) is 31.8 Å². The Bertz CT molecular complexity index is 1620. The number of anilines is 4. The number of hydrogen-bond donors (Lipinski definition) is 2. The van der Waals surface area contributed by atoms with Crippen molar-refractivity contribution < 1.29 is 29.3 Å². The molecule has 0 spiro atoms. The number of benzene rings is 4. The highest BCUT2D eigenvalue weighted by Crippen LogP contribution is 2.27. The zero-order valence-corrected chi connectivity index (χ0v) is 26.2. The van der Waals surface area contributed by atoms with Gasteiger partial charge < -0.3 is 21.3 Å². The second-order valence-corrected chi connectivity index (χ2v) is 9.72. The van der Waals surface area contributed by atoms with Crippen molar-refractivity contribution in [3.05, 3.63) is 137 Å². The molecule has 0 unspecified atom stereocenters. The average Bonchev–Trinajstić information content (AvgIpc) is 3.05. The van der Waals surface area contributed by atoms with Gasteiger partial charge in [0.25, 0.3) is 22.7 Å². The largest absolute Gasteiger partial charge is 0.393 e. The first kappa shape index (κ1) is 39.0. The van der Waals surface area contributed by atoms with Gasteiger partial charge in [-0.15, -0.1) is 0 Å². The molecule has 0 aliphatic rings. The molecule has 0 atom stereocenters. The molecule has 252 valence electrons. The van der Waals surface area contributed by atoms with Crippen LogP contribution >= 0.6 is 0 Å². The predicted octanol–water partition coefficient (Wildman–Crippen LogP) is 5.30. The molecular weight excluding hydrogens is 632 g/mol. The van der Waals surface area contributed by atoms with Gasteiger partial charge in [-0.2, -0.15) is 0 Å². The summed E-state index contributed by atoms with van der Waals surface area (Å²) in [6, 6.07) is 21.1. The lowest BCUT2D eigenvalue weighted by atomic mass is 10.2. The Balaban J connectivity index is 0.000000321. The van der Waals surface area contributed by atoms with Crippen LogP contribution in [0.25, 0.3) is 0 Å². The summed E-state index contributed by atoms with van der Waals surface area (Å²) in [6.45, 7) is 0. The molecule has 4 N–H and O–H groups in total. The minimum Gasteiger partial charge on any atom is -0.393 e. The topological polar surface area (TPSA) is 265 Å². The number of nitro groups is 4. The molecule has 0 radical (unpaired) electrons. The fourth-order valence-corrected chi connectivity index (χ4v) is 3.31. The molecule has 0 aliphatic heterocycles. The van der Waals surface area contributed by atoms with Gasteiger partial charge in [0.15, 0.2) is 0 Å². The SMILES string of the molecule is CN(C)c1ccc(C=O)cc1.CN(C)c1ccc(C=O)cc1.Nc1ccc([N+](=O)[O-])cc1[N+](=O)[O-].Nc1ccc([N+](=O)[O-])cc1[N+](=O)[O-]. The van der Waals surface area contributed by atoms with E-state index in [1.165, 1.54) is 0 Å². The molecule has 0 saturated carbocycles. The van der Waals surface area contributed by atoms with Crippen LogP contribution in [0.4, 0.5) is 45.5 Å². The molecule has 18 nitrogen and oxygen atoms in total. The maximum atomic E-state index is 10.3. The molecule has 4 rings (SSSR count). The van der Waals surface area contributed by atoms with Crippen LogP contribution in [0.3, 0.4) is 0 Å². The van der Waals surface area contributed by atoms with Crippen LogP contribution in [0.5, 0.6) is 0 Å². The third-order valence-electron chi connectivity index (χ3n) is 5.93. The Morgan fingerprint density at radius 3 is 1.00 bits per heavy atom. The molecule has 0 amide bonds. The summed E-state index contributed by atoms with van der Waals surface area (Å²) < 4.78 is 0. The Morgan fingerprint density at radius 1 is 0.500 bits per heavy atom. The third-order valence-corrected chi connectivity index (χ3v) is 5.93. The van der Waals surface area contributed by atoms with Crippen molar-refractivity contribution in [1.29, 1.82) is 0 Å². The molecule has 4 aromatic rings. The molecule has 0 saturated heterocycles. The number of hydrogen-bond acceptors (Lipinski definition) is 14. The van der Waals surface area contributed by atoms with E-state index in [9.17, 15) is 50.0 Å². The van der Waals surface area contributed by atoms with Crippen molar-refractivity contribution >= 4 is 58.1 Å². The van der Waals surface area contributed by atoms with Crippen molar-refractivity contribution in [2.24, 2.45) is 0 Å². The Kier molecular flexibility index (Phi) is 15.2. The van der Waals surface area contributed by atoms with E-state index in [2.05, 4.69) is 0 Å². The van der Waals surface area contributed by atoms with Gasteiger partial charge in [0, 0.05) is 62.8 Å². The summed E-state index contributed by atoms with van der Waals surface area (Å²) in [5.41, 5.74) is 12.3. The van der Waals surface area contributed by atoms with Crippen LogP contribution in [0, 0.1) is 40.5 Å². The van der Waals surface area contributed by atoms with E-state index < -0.39 is 31.1 Å². The minimum absolute atomic E-state index is 0.0874. The maximum absolute atomic E-state index is 10.3. The third kappa shape index (κ3) is 12.6. The number of carbonyl (C=O) groups is 2. The Hall–Kier alpha value is -6.98. The van der Waals surface area contributed by atoms with Crippen molar-refractivity contribution in [2.75, 3.05) is 49.5 Å². The molecule has 4 aromatic carbocycles. The monoisotopic (exact) mass is 664 g/mol. The standard InChI is InChI=1S/2C9H11NO.2C6H5N3O4/c2*1-10(2)9-5-3-8(7-11)4-6-9;2*7-5-2-1-4(8(10)11)3-6(5)9(12)13/h2*3-7H,1-2H3;2*1-3H,7H2. The molecule has 0 bridgehead atoms. The lowest BCUT2D eigenvalue weighted by molar-refractivity contribution is -0.393. The number of rotatable bonds is 8. The average molecular weight is 665 g/mol. The second-order valence-electron chi connectivity index (χ2n) is 9.72.